The summed E-state index contributed by atoms with van der Waals surface area (Å²) in [6, 6.07) is -0.224. The largest absolute Gasteiger partial charge is 0.379 e. The summed E-state index contributed by atoms with van der Waals surface area (Å²) in [5.41, 5.74) is 5.63. The number of hydrogen-bond acceptors (Lipinski definition) is 3. The Morgan fingerprint density at radius 1 is 1.64 bits per heavy atom. The quantitative estimate of drug-likeness (QED) is 0.690. The molecule has 0 bridgehead atoms. The zero-order chi connectivity index (χ0) is 10.6. The molecule has 1 fully saturated rings. The van der Waals surface area contributed by atoms with Crippen molar-refractivity contribution in [1.29, 1.82) is 0 Å². The van der Waals surface area contributed by atoms with Crippen molar-refractivity contribution in [3.63, 3.8) is 0 Å². The molecule has 1 amide bonds. The minimum absolute atomic E-state index is 0.0542. The summed E-state index contributed by atoms with van der Waals surface area (Å²) >= 11 is 0. The van der Waals surface area contributed by atoms with Crippen LogP contribution in [-0.4, -0.2) is 31.2 Å². The van der Waals surface area contributed by atoms with Crippen molar-refractivity contribution >= 4 is 5.91 Å². The number of carbonyl (C=O) groups excluding carboxylic acids is 1. The molecular formula is C10H20N2O2. The van der Waals surface area contributed by atoms with Crippen molar-refractivity contribution in [3.8, 4) is 0 Å². The number of ether oxygens (including phenoxy) is 1. The minimum Gasteiger partial charge on any atom is -0.379 e. The van der Waals surface area contributed by atoms with Gasteiger partial charge in [0.25, 0.3) is 0 Å². The molecule has 0 saturated heterocycles. The fraction of sp³-hybridized carbons (Fsp3) is 0.900. The van der Waals surface area contributed by atoms with Crippen molar-refractivity contribution in [2.24, 2.45) is 5.73 Å². The van der Waals surface area contributed by atoms with Gasteiger partial charge in [0.05, 0.1) is 18.2 Å². The first-order valence-electron chi connectivity index (χ1n) is 5.27. The van der Waals surface area contributed by atoms with Crippen molar-refractivity contribution in [1.82, 2.24) is 5.32 Å². The van der Waals surface area contributed by atoms with Gasteiger partial charge in [-0.15, -0.1) is 0 Å². The third-order valence-corrected chi connectivity index (χ3v) is 2.86. The Morgan fingerprint density at radius 3 is 2.93 bits per heavy atom. The number of rotatable bonds is 4. The molecule has 0 spiro atoms. The predicted molar refractivity (Wildman–Crippen MR) is 54.8 cm³/mol. The molecule has 0 aromatic heterocycles. The van der Waals surface area contributed by atoms with Gasteiger partial charge in [-0.25, -0.2) is 0 Å². The fourth-order valence-electron chi connectivity index (χ4n) is 1.85. The first kappa shape index (κ1) is 11.5. The normalized spacial score (nSPS) is 28.8. The second-order valence-corrected chi connectivity index (χ2v) is 3.83. The molecule has 4 nitrogen and oxygen atoms in total. The van der Waals surface area contributed by atoms with Crippen LogP contribution in [0.5, 0.6) is 0 Å². The van der Waals surface area contributed by atoms with E-state index in [-0.39, 0.29) is 24.1 Å². The van der Waals surface area contributed by atoms with E-state index in [0.29, 0.717) is 6.42 Å². The number of hydrogen-bond donors (Lipinski definition) is 2. The highest BCUT2D eigenvalue weighted by Crippen LogP contribution is 2.21. The van der Waals surface area contributed by atoms with Crippen molar-refractivity contribution in [3.05, 3.63) is 0 Å². The molecule has 1 rings (SSSR count). The molecule has 1 aliphatic rings. The van der Waals surface area contributed by atoms with Gasteiger partial charge in [0.2, 0.25) is 5.91 Å². The summed E-state index contributed by atoms with van der Waals surface area (Å²) in [5, 5.41) is 2.94. The Labute approximate surface area is 85.2 Å². The van der Waals surface area contributed by atoms with Crippen molar-refractivity contribution in [2.75, 3.05) is 7.11 Å². The molecule has 3 N–H and O–H groups in total. The highest BCUT2D eigenvalue weighted by atomic mass is 16.5. The van der Waals surface area contributed by atoms with Gasteiger partial charge in [0, 0.05) is 7.11 Å². The minimum atomic E-state index is -0.381. The lowest BCUT2D eigenvalue weighted by Crippen LogP contribution is -2.48. The van der Waals surface area contributed by atoms with Crippen LogP contribution in [0.1, 0.15) is 32.6 Å². The maximum Gasteiger partial charge on any atom is 0.237 e. The molecule has 0 aromatic rings. The Hall–Kier alpha value is -0.610. The SMILES string of the molecule is CC[C@H](N)C(=O)NC1CCCC1OC. The predicted octanol–water partition coefficient (Wildman–Crippen LogP) is 0.407. The zero-order valence-electron chi connectivity index (χ0n) is 8.95. The molecule has 0 aliphatic heterocycles. The van der Waals surface area contributed by atoms with E-state index < -0.39 is 0 Å². The topological polar surface area (TPSA) is 64.4 Å². The van der Waals surface area contributed by atoms with E-state index in [0.717, 1.165) is 19.3 Å². The summed E-state index contributed by atoms with van der Waals surface area (Å²) in [6.45, 7) is 1.91. The van der Waals surface area contributed by atoms with E-state index in [1.165, 1.54) is 0 Å². The second-order valence-electron chi connectivity index (χ2n) is 3.83. The smallest absolute Gasteiger partial charge is 0.237 e. The van der Waals surface area contributed by atoms with Crippen LogP contribution in [0.2, 0.25) is 0 Å². The molecule has 3 atom stereocenters. The summed E-state index contributed by atoms with van der Waals surface area (Å²) in [6.07, 6.45) is 3.99. The average molecular weight is 200 g/mol. The molecule has 4 heteroatoms. The van der Waals surface area contributed by atoms with E-state index in [1.807, 2.05) is 6.92 Å². The standard InChI is InChI=1S/C10H20N2O2/c1-3-7(11)10(13)12-8-5-4-6-9(8)14-2/h7-9H,3-6,11H2,1-2H3,(H,12,13)/t7-,8?,9?/m0/s1. The Balaban J connectivity index is 2.39. The van der Waals surface area contributed by atoms with Crippen LogP contribution in [0.15, 0.2) is 0 Å². The van der Waals surface area contributed by atoms with E-state index in [2.05, 4.69) is 5.32 Å². The van der Waals surface area contributed by atoms with Crippen LogP contribution < -0.4 is 11.1 Å². The molecule has 1 saturated carbocycles. The van der Waals surface area contributed by atoms with E-state index >= 15 is 0 Å². The lowest BCUT2D eigenvalue weighted by atomic mass is 10.1. The Morgan fingerprint density at radius 2 is 2.36 bits per heavy atom. The number of nitrogens with two attached hydrogens (primary N) is 1. The highest BCUT2D eigenvalue weighted by molar-refractivity contribution is 5.81. The monoisotopic (exact) mass is 200 g/mol. The van der Waals surface area contributed by atoms with E-state index in [4.69, 9.17) is 10.5 Å². The van der Waals surface area contributed by atoms with Gasteiger partial charge >= 0.3 is 0 Å². The molecule has 0 heterocycles. The zero-order valence-corrected chi connectivity index (χ0v) is 8.95. The Bertz CT molecular complexity index is 197. The van der Waals surface area contributed by atoms with Gasteiger partial charge in [-0.1, -0.05) is 6.92 Å². The highest BCUT2D eigenvalue weighted by Gasteiger charge is 2.29. The van der Waals surface area contributed by atoms with Crippen LogP contribution in [0.4, 0.5) is 0 Å². The number of methoxy groups -OCH3 is 1. The molecule has 82 valence electrons. The van der Waals surface area contributed by atoms with Crippen molar-refractivity contribution in [2.45, 2.75) is 50.8 Å². The maximum absolute atomic E-state index is 11.5. The molecular weight excluding hydrogens is 180 g/mol. The third-order valence-electron chi connectivity index (χ3n) is 2.86. The summed E-state index contributed by atoms with van der Waals surface area (Å²) < 4.78 is 5.28. The van der Waals surface area contributed by atoms with Gasteiger partial charge in [-0.3, -0.25) is 4.79 Å². The van der Waals surface area contributed by atoms with Gasteiger partial charge in [0.15, 0.2) is 0 Å². The number of carbonyl (C=O) groups is 1. The fourth-order valence-corrected chi connectivity index (χ4v) is 1.85. The van der Waals surface area contributed by atoms with Crippen LogP contribution in [0.3, 0.4) is 0 Å². The van der Waals surface area contributed by atoms with Gasteiger partial charge in [-0.2, -0.15) is 0 Å². The summed E-state index contributed by atoms with van der Waals surface area (Å²) in [7, 11) is 1.69. The molecule has 14 heavy (non-hydrogen) atoms. The van der Waals surface area contributed by atoms with Crippen molar-refractivity contribution < 1.29 is 9.53 Å². The second kappa shape index (κ2) is 5.32. The average Bonchev–Trinajstić information content (AvgIpc) is 2.63. The van der Waals surface area contributed by atoms with Gasteiger partial charge in [0.1, 0.15) is 0 Å². The molecule has 2 unspecified atom stereocenters. The summed E-state index contributed by atoms with van der Waals surface area (Å²) in [5.74, 6) is -0.0542. The third kappa shape index (κ3) is 2.69. The lowest BCUT2D eigenvalue weighted by molar-refractivity contribution is -0.123. The van der Waals surface area contributed by atoms with Crippen LogP contribution in [0, 0.1) is 0 Å². The first-order chi connectivity index (χ1) is 6.69. The molecule has 0 radical (unpaired) electrons. The number of amides is 1. The van der Waals surface area contributed by atoms with Crippen LogP contribution in [0.25, 0.3) is 0 Å². The van der Waals surface area contributed by atoms with E-state index in [1.54, 1.807) is 7.11 Å². The van der Waals surface area contributed by atoms with Crippen LogP contribution >= 0.6 is 0 Å². The first-order valence-corrected chi connectivity index (χ1v) is 5.27. The molecule has 1 aliphatic carbocycles. The lowest BCUT2D eigenvalue weighted by Gasteiger charge is -2.21. The van der Waals surface area contributed by atoms with Gasteiger partial charge < -0.3 is 15.8 Å². The van der Waals surface area contributed by atoms with E-state index in [9.17, 15) is 4.79 Å². The maximum atomic E-state index is 11.5. The van der Waals surface area contributed by atoms with Crippen LogP contribution in [-0.2, 0) is 9.53 Å². The Kier molecular flexibility index (Phi) is 4.35. The van der Waals surface area contributed by atoms with Gasteiger partial charge in [-0.05, 0) is 25.7 Å². The summed E-state index contributed by atoms with van der Waals surface area (Å²) in [4.78, 5) is 11.5. The molecule has 0 aromatic carbocycles. The number of nitrogens with one attached hydrogen (secondary N) is 1.